The Morgan fingerprint density at radius 3 is 2.58 bits per heavy atom. The molecule has 0 aliphatic carbocycles. The van der Waals surface area contributed by atoms with Gasteiger partial charge in [0.15, 0.2) is 0 Å². The van der Waals surface area contributed by atoms with Gasteiger partial charge in [-0.05, 0) is 42.5 Å². The molecule has 0 aromatic heterocycles. The highest BCUT2D eigenvalue weighted by Gasteiger charge is 2.11. The molecule has 0 fully saturated rings. The summed E-state index contributed by atoms with van der Waals surface area (Å²) in [6, 6.07) is 6.53. The van der Waals surface area contributed by atoms with Crippen LogP contribution in [0.1, 0.15) is 31.9 Å². The van der Waals surface area contributed by atoms with Gasteiger partial charge in [-0.15, -0.1) is 0 Å². The number of ether oxygens (including phenoxy) is 1. The van der Waals surface area contributed by atoms with Crippen LogP contribution < -0.4 is 10.1 Å². The van der Waals surface area contributed by atoms with Crippen LogP contribution in [0.5, 0.6) is 5.75 Å². The van der Waals surface area contributed by atoms with Gasteiger partial charge in [0.25, 0.3) is 0 Å². The number of hydrogen-bond acceptors (Lipinski definition) is 3. The minimum Gasteiger partial charge on any atom is -0.496 e. The molecule has 3 nitrogen and oxygen atoms in total. The fourth-order valence-corrected chi connectivity index (χ4v) is 2.15. The lowest BCUT2D eigenvalue weighted by Gasteiger charge is -2.20. The second-order valence-corrected chi connectivity index (χ2v) is 5.24. The standard InChI is InChI=1S/C16H27NO2/c1-5-13-6-7-16(19-4)14(10-13)8-9-17-15(11-18)12(2)3/h6-7,10,12,15,17-18H,5,8-9,11H2,1-4H3. The summed E-state index contributed by atoms with van der Waals surface area (Å²) >= 11 is 0. The predicted molar refractivity (Wildman–Crippen MR) is 79.8 cm³/mol. The SMILES string of the molecule is CCc1ccc(OC)c(CCNC(CO)C(C)C)c1. The monoisotopic (exact) mass is 265 g/mol. The van der Waals surface area contributed by atoms with Gasteiger partial charge in [-0.25, -0.2) is 0 Å². The fraction of sp³-hybridized carbons (Fsp3) is 0.625. The lowest BCUT2D eigenvalue weighted by Crippen LogP contribution is -2.38. The molecule has 1 atom stereocenters. The van der Waals surface area contributed by atoms with Gasteiger partial charge in [-0.1, -0.05) is 32.9 Å². The molecule has 0 radical (unpaired) electrons. The molecule has 0 amide bonds. The van der Waals surface area contributed by atoms with Gasteiger partial charge in [0.2, 0.25) is 0 Å². The van der Waals surface area contributed by atoms with Gasteiger partial charge in [0.05, 0.1) is 13.7 Å². The highest BCUT2D eigenvalue weighted by atomic mass is 16.5. The Bertz CT molecular complexity index is 377. The van der Waals surface area contributed by atoms with Crippen LogP contribution in [0.15, 0.2) is 18.2 Å². The number of hydrogen-bond donors (Lipinski definition) is 2. The number of rotatable bonds is 8. The molecule has 0 saturated heterocycles. The maximum absolute atomic E-state index is 9.29. The van der Waals surface area contributed by atoms with E-state index in [4.69, 9.17) is 4.74 Å². The predicted octanol–water partition coefficient (Wildman–Crippen LogP) is 2.41. The average molecular weight is 265 g/mol. The molecular weight excluding hydrogens is 238 g/mol. The van der Waals surface area contributed by atoms with Crippen LogP contribution in [0.3, 0.4) is 0 Å². The van der Waals surface area contributed by atoms with Crippen molar-refractivity contribution in [2.45, 2.75) is 39.7 Å². The van der Waals surface area contributed by atoms with Gasteiger partial charge in [-0.3, -0.25) is 0 Å². The Morgan fingerprint density at radius 2 is 2.05 bits per heavy atom. The van der Waals surface area contributed by atoms with Crippen molar-refractivity contribution in [1.82, 2.24) is 5.32 Å². The highest BCUT2D eigenvalue weighted by Crippen LogP contribution is 2.20. The first-order chi connectivity index (χ1) is 9.12. The number of nitrogens with one attached hydrogen (secondary N) is 1. The summed E-state index contributed by atoms with van der Waals surface area (Å²) < 4.78 is 5.40. The van der Waals surface area contributed by atoms with Crippen LogP contribution in [-0.4, -0.2) is 31.4 Å². The number of aliphatic hydroxyl groups excluding tert-OH is 1. The zero-order valence-corrected chi connectivity index (χ0v) is 12.6. The van der Waals surface area contributed by atoms with Crippen molar-refractivity contribution in [1.29, 1.82) is 0 Å². The second-order valence-electron chi connectivity index (χ2n) is 5.24. The molecule has 1 rings (SSSR count). The lowest BCUT2D eigenvalue weighted by atomic mass is 10.0. The van der Waals surface area contributed by atoms with Crippen molar-refractivity contribution in [3.05, 3.63) is 29.3 Å². The molecule has 1 aromatic carbocycles. The van der Waals surface area contributed by atoms with E-state index in [0.29, 0.717) is 5.92 Å². The minimum absolute atomic E-state index is 0.167. The number of methoxy groups -OCH3 is 1. The number of aryl methyl sites for hydroxylation is 1. The Morgan fingerprint density at radius 1 is 1.32 bits per heavy atom. The number of benzene rings is 1. The summed E-state index contributed by atoms with van der Waals surface area (Å²) in [4.78, 5) is 0. The van der Waals surface area contributed by atoms with Crippen molar-refractivity contribution < 1.29 is 9.84 Å². The molecular formula is C16H27NO2. The molecule has 0 spiro atoms. The zero-order valence-electron chi connectivity index (χ0n) is 12.6. The van der Waals surface area contributed by atoms with Gasteiger partial charge < -0.3 is 15.2 Å². The van der Waals surface area contributed by atoms with E-state index in [1.165, 1.54) is 11.1 Å². The normalized spacial score (nSPS) is 12.7. The largest absolute Gasteiger partial charge is 0.496 e. The lowest BCUT2D eigenvalue weighted by molar-refractivity contribution is 0.211. The molecule has 2 N–H and O–H groups in total. The molecule has 0 saturated carbocycles. The van der Waals surface area contributed by atoms with Crippen LogP contribution in [0.4, 0.5) is 0 Å². The first-order valence-corrected chi connectivity index (χ1v) is 7.12. The van der Waals surface area contributed by atoms with Gasteiger partial charge >= 0.3 is 0 Å². The van der Waals surface area contributed by atoms with E-state index >= 15 is 0 Å². The highest BCUT2D eigenvalue weighted by molar-refractivity contribution is 5.37. The summed E-state index contributed by atoms with van der Waals surface area (Å²) in [5.41, 5.74) is 2.56. The summed E-state index contributed by atoms with van der Waals surface area (Å²) in [6.45, 7) is 7.43. The van der Waals surface area contributed by atoms with Crippen molar-refractivity contribution in [3.8, 4) is 5.75 Å². The molecule has 19 heavy (non-hydrogen) atoms. The Hall–Kier alpha value is -1.06. The smallest absolute Gasteiger partial charge is 0.122 e. The van der Waals surface area contributed by atoms with Crippen LogP contribution in [0.25, 0.3) is 0 Å². The van der Waals surface area contributed by atoms with E-state index in [1.807, 2.05) is 6.07 Å². The summed E-state index contributed by atoms with van der Waals surface area (Å²) in [5, 5.41) is 12.7. The maximum Gasteiger partial charge on any atom is 0.122 e. The molecule has 1 unspecified atom stereocenters. The molecule has 1 aromatic rings. The van der Waals surface area contributed by atoms with Crippen molar-refractivity contribution in [3.63, 3.8) is 0 Å². The van der Waals surface area contributed by atoms with Crippen LogP contribution in [-0.2, 0) is 12.8 Å². The topological polar surface area (TPSA) is 41.5 Å². The van der Waals surface area contributed by atoms with Crippen LogP contribution in [0, 0.1) is 5.92 Å². The Kier molecular flexibility index (Phi) is 6.89. The van der Waals surface area contributed by atoms with Crippen LogP contribution in [0.2, 0.25) is 0 Å². The fourth-order valence-electron chi connectivity index (χ4n) is 2.15. The Balaban J connectivity index is 2.60. The molecule has 0 aliphatic rings. The second kappa shape index (κ2) is 8.18. The summed E-state index contributed by atoms with van der Waals surface area (Å²) in [5.74, 6) is 1.39. The van der Waals surface area contributed by atoms with E-state index < -0.39 is 0 Å². The minimum atomic E-state index is 0.167. The van der Waals surface area contributed by atoms with Gasteiger partial charge in [0, 0.05) is 6.04 Å². The first kappa shape index (κ1) is 16.0. The maximum atomic E-state index is 9.29. The zero-order chi connectivity index (χ0) is 14.3. The molecule has 108 valence electrons. The number of aliphatic hydroxyl groups is 1. The van der Waals surface area contributed by atoms with Crippen molar-refractivity contribution in [2.24, 2.45) is 5.92 Å². The Labute approximate surface area is 117 Å². The molecule has 3 heteroatoms. The van der Waals surface area contributed by atoms with E-state index in [1.54, 1.807) is 7.11 Å². The van der Waals surface area contributed by atoms with Gasteiger partial charge in [-0.2, -0.15) is 0 Å². The molecule has 0 heterocycles. The first-order valence-electron chi connectivity index (χ1n) is 7.12. The quantitative estimate of drug-likeness (QED) is 0.758. The summed E-state index contributed by atoms with van der Waals surface area (Å²) in [6.07, 6.45) is 1.95. The van der Waals surface area contributed by atoms with E-state index in [0.717, 1.165) is 25.1 Å². The average Bonchev–Trinajstić information content (AvgIpc) is 2.42. The van der Waals surface area contributed by atoms with Crippen LogP contribution >= 0.6 is 0 Å². The van der Waals surface area contributed by atoms with Gasteiger partial charge in [0.1, 0.15) is 5.75 Å². The van der Waals surface area contributed by atoms with E-state index in [9.17, 15) is 5.11 Å². The van der Waals surface area contributed by atoms with Crippen molar-refractivity contribution in [2.75, 3.05) is 20.3 Å². The third kappa shape index (κ3) is 4.84. The summed E-state index contributed by atoms with van der Waals surface area (Å²) in [7, 11) is 1.71. The third-order valence-corrected chi connectivity index (χ3v) is 3.56. The van der Waals surface area contributed by atoms with E-state index in [2.05, 4.69) is 38.2 Å². The molecule has 0 aliphatic heterocycles. The molecule has 0 bridgehead atoms. The van der Waals surface area contributed by atoms with Crippen molar-refractivity contribution >= 4 is 0 Å². The van der Waals surface area contributed by atoms with E-state index in [-0.39, 0.29) is 12.6 Å². The third-order valence-electron chi connectivity index (χ3n) is 3.56.